The van der Waals surface area contributed by atoms with Gasteiger partial charge in [-0.25, -0.2) is 0 Å². The average molecular weight is 368 g/mol. The van der Waals surface area contributed by atoms with Gasteiger partial charge in [0.05, 0.1) is 13.3 Å². The molecule has 0 fully saturated rings. The first-order chi connectivity index (χ1) is 12.6. The first-order valence-electron chi connectivity index (χ1n) is 8.11. The summed E-state index contributed by atoms with van der Waals surface area (Å²) in [5.74, 6) is 2.02. The Kier molecular flexibility index (Phi) is 5.48. The van der Waals surface area contributed by atoms with E-state index in [1.165, 1.54) is 5.56 Å². The Labute approximate surface area is 157 Å². The Morgan fingerprint density at radius 3 is 2.58 bits per heavy atom. The summed E-state index contributed by atoms with van der Waals surface area (Å²) in [4.78, 5) is 0. The highest BCUT2D eigenvalue weighted by Crippen LogP contribution is 2.28. The number of benzene rings is 2. The van der Waals surface area contributed by atoms with Gasteiger partial charge >= 0.3 is 0 Å². The first-order valence-corrected chi connectivity index (χ1v) is 8.52. The van der Waals surface area contributed by atoms with Crippen LogP contribution >= 0.6 is 12.2 Å². The topological polar surface area (TPSA) is 64.4 Å². The van der Waals surface area contributed by atoms with Crippen LogP contribution in [0.3, 0.4) is 0 Å². The van der Waals surface area contributed by atoms with Crippen LogP contribution in [0.25, 0.3) is 0 Å². The summed E-state index contributed by atoms with van der Waals surface area (Å²) in [6.07, 6.45) is 1.70. The van der Waals surface area contributed by atoms with Gasteiger partial charge in [0.2, 0.25) is 4.77 Å². The van der Waals surface area contributed by atoms with Gasteiger partial charge in [0.1, 0.15) is 12.4 Å². The molecule has 0 unspecified atom stereocenters. The molecule has 134 valence electrons. The minimum absolute atomic E-state index is 0.448. The maximum atomic E-state index is 5.89. The molecule has 1 heterocycles. The van der Waals surface area contributed by atoms with Gasteiger partial charge in [-0.3, -0.25) is 5.10 Å². The Hall–Kier alpha value is -2.93. The Morgan fingerprint density at radius 2 is 1.92 bits per heavy atom. The number of aromatic nitrogens is 3. The maximum absolute atomic E-state index is 5.89. The maximum Gasteiger partial charge on any atom is 0.216 e. The third-order valence-electron chi connectivity index (χ3n) is 3.84. The molecule has 7 heteroatoms. The fourth-order valence-electron chi connectivity index (χ4n) is 2.36. The summed E-state index contributed by atoms with van der Waals surface area (Å²) >= 11 is 5.13. The smallest absolute Gasteiger partial charge is 0.216 e. The fraction of sp³-hybridized carbons (Fsp3) is 0.211. The van der Waals surface area contributed by atoms with E-state index in [2.05, 4.69) is 46.5 Å². The standard InChI is InChI=1S/C19H20N4O2S/c1-13-4-6-15(7-5-13)12-25-17-9-8-16(10-18(17)24-3)11-20-23-14(2)21-22-19(23)26/h4-11H,12H2,1-3H3,(H,22,26). The summed E-state index contributed by atoms with van der Waals surface area (Å²) in [6, 6.07) is 13.9. The second-order valence-corrected chi connectivity index (χ2v) is 6.20. The van der Waals surface area contributed by atoms with Gasteiger partial charge in [-0.15, -0.1) is 0 Å². The molecule has 0 saturated carbocycles. The van der Waals surface area contributed by atoms with E-state index in [1.54, 1.807) is 18.0 Å². The molecule has 3 aromatic rings. The van der Waals surface area contributed by atoms with Crippen LogP contribution in [0, 0.1) is 18.6 Å². The molecule has 0 atom stereocenters. The second-order valence-electron chi connectivity index (χ2n) is 5.82. The molecule has 0 saturated heterocycles. The molecule has 1 N–H and O–H groups in total. The van der Waals surface area contributed by atoms with Gasteiger partial charge in [-0.2, -0.15) is 14.9 Å². The molecule has 6 nitrogen and oxygen atoms in total. The van der Waals surface area contributed by atoms with Gasteiger partial charge in [0, 0.05) is 0 Å². The summed E-state index contributed by atoms with van der Waals surface area (Å²) in [5.41, 5.74) is 3.20. The number of hydrogen-bond donors (Lipinski definition) is 1. The van der Waals surface area contributed by atoms with Crippen molar-refractivity contribution in [1.29, 1.82) is 0 Å². The molecule has 0 bridgehead atoms. The van der Waals surface area contributed by atoms with Gasteiger partial charge in [-0.05, 0) is 55.4 Å². The van der Waals surface area contributed by atoms with Gasteiger partial charge in [0.25, 0.3) is 0 Å². The Bertz CT molecular complexity index is 974. The van der Waals surface area contributed by atoms with Crippen molar-refractivity contribution in [2.75, 3.05) is 7.11 Å². The van der Waals surface area contributed by atoms with Crippen molar-refractivity contribution in [3.05, 3.63) is 69.8 Å². The van der Waals surface area contributed by atoms with Crippen molar-refractivity contribution < 1.29 is 9.47 Å². The minimum Gasteiger partial charge on any atom is -0.493 e. The number of methoxy groups -OCH3 is 1. The lowest BCUT2D eigenvalue weighted by Gasteiger charge is -2.11. The van der Waals surface area contributed by atoms with Gasteiger partial charge in [0.15, 0.2) is 11.5 Å². The van der Waals surface area contributed by atoms with Crippen molar-refractivity contribution in [1.82, 2.24) is 14.9 Å². The molecule has 0 spiro atoms. The molecule has 0 aliphatic carbocycles. The lowest BCUT2D eigenvalue weighted by molar-refractivity contribution is 0.284. The van der Waals surface area contributed by atoms with Crippen LogP contribution < -0.4 is 9.47 Å². The van der Waals surface area contributed by atoms with Crippen LogP contribution in [0.5, 0.6) is 11.5 Å². The summed E-state index contributed by atoms with van der Waals surface area (Å²) in [7, 11) is 1.62. The summed E-state index contributed by atoms with van der Waals surface area (Å²) in [5, 5.41) is 11.1. The third-order valence-corrected chi connectivity index (χ3v) is 4.10. The van der Waals surface area contributed by atoms with E-state index in [4.69, 9.17) is 21.7 Å². The van der Waals surface area contributed by atoms with Crippen LogP contribution in [0.2, 0.25) is 0 Å². The van der Waals surface area contributed by atoms with Crippen LogP contribution in [0.4, 0.5) is 0 Å². The van der Waals surface area contributed by atoms with E-state index in [0.717, 1.165) is 11.1 Å². The summed E-state index contributed by atoms with van der Waals surface area (Å²) in [6.45, 7) is 4.37. The Balaban J connectivity index is 1.75. The lowest BCUT2D eigenvalue weighted by Crippen LogP contribution is -1.99. The average Bonchev–Trinajstić information content (AvgIpc) is 2.97. The second kappa shape index (κ2) is 7.97. The van der Waals surface area contributed by atoms with Gasteiger partial charge in [-0.1, -0.05) is 29.8 Å². The number of nitrogens with zero attached hydrogens (tertiary/aromatic N) is 3. The van der Waals surface area contributed by atoms with Crippen LogP contribution in [0.1, 0.15) is 22.5 Å². The number of rotatable bonds is 6. The molecule has 0 aliphatic rings. The highest BCUT2D eigenvalue weighted by atomic mass is 32.1. The van der Waals surface area contributed by atoms with E-state index < -0.39 is 0 Å². The van der Waals surface area contributed by atoms with Crippen molar-refractivity contribution in [2.45, 2.75) is 20.5 Å². The number of H-pyrrole nitrogens is 1. The zero-order valence-corrected chi connectivity index (χ0v) is 15.7. The predicted octanol–water partition coefficient (Wildman–Crippen LogP) is 4.03. The monoisotopic (exact) mass is 368 g/mol. The number of ether oxygens (including phenoxy) is 2. The predicted molar refractivity (Wildman–Crippen MR) is 104 cm³/mol. The van der Waals surface area contributed by atoms with Crippen molar-refractivity contribution >= 4 is 18.4 Å². The molecule has 0 aliphatic heterocycles. The van der Waals surface area contributed by atoms with E-state index >= 15 is 0 Å². The SMILES string of the molecule is COc1cc(C=Nn2c(C)n[nH]c2=S)ccc1OCc1ccc(C)cc1. The zero-order chi connectivity index (χ0) is 18.5. The lowest BCUT2D eigenvalue weighted by atomic mass is 10.2. The molecule has 0 amide bonds. The molecule has 3 rings (SSSR count). The van der Waals surface area contributed by atoms with Crippen molar-refractivity contribution in [2.24, 2.45) is 5.10 Å². The van der Waals surface area contributed by atoms with Crippen LogP contribution in [-0.2, 0) is 6.61 Å². The van der Waals surface area contributed by atoms with E-state index in [0.29, 0.717) is 28.7 Å². The number of aryl methyl sites for hydroxylation is 2. The first kappa shape index (κ1) is 17.9. The van der Waals surface area contributed by atoms with Gasteiger partial charge < -0.3 is 9.47 Å². The Morgan fingerprint density at radius 1 is 1.15 bits per heavy atom. The van der Waals surface area contributed by atoms with Crippen molar-refractivity contribution in [3.63, 3.8) is 0 Å². The van der Waals surface area contributed by atoms with E-state index in [1.807, 2.05) is 25.1 Å². The highest BCUT2D eigenvalue weighted by Gasteiger charge is 2.06. The molecule has 2 aromatic carbocycles. The number of hydrogen-bond acceptors (Lipinski definition) is 5. The van der Waals surface area contributed by atoms with Crippen molar-refractivity contribution in [3.8, 4) is 11.5 Å². The molecule has 26 heavy (non-hydrogen) atoms. The minimum atomic E-state index is 0.448. The molecule has 0 radical (unpaired) electrons. The van der Waals surface area contributed by atoms with E-state index in [9.17, 15) is 0 Å². The van der Waals surface area contributed by atoms with Crippen LogP contribution in [0.15, 0.2) is 47.6 Å². The molecule has 1 aromatic heterocycles. The normalized spacial score (nSPS) is 11.0. The quantitative estimate of drug-likeness (QED) is 0.527. The largest absolute Gasteiger partial charge is 0.493 e. The van der Waals surface area contributed by atoms with Crippen LogP contribution in [-0.4, -0.2) is 28.2 Å². The van der Waals surface area contributed by atoms with E-state index in [-0.39, 0.29) is 0 Å². The highest BCUT2D eigenvalue weighted by molar-refractivity contribution is 7.71. The number of aromatic amines is 1. The zero-order valence-electron chi connectivity index (χ0n) is 14.9. The third kappa shape index (κ3) is 4.18. The molecular weight excluding hydrogens is 348 g/mol. The summed E-state index contributed by atoms with van der Waals surface area (Å²) < 4.78 is 13.3. The number of nitrogens with one attached hydrogen (secondary N) is 1. The molecular formula is C19H20N4O2S. The fourth-order valence-corrected chi connectivity index (χ4v) is 2.58.